The number of ether oxygens (including phenoxy) is 1. The van der Waals surface area contributed by atoms with Gasteiger partial charge in [0.15, 0.2) is 0 Å². The van der Waals surface area contributed by atoms with Crippen LogP contribution < -0.4 is 0 Å². The molecule has 1 aliphatic carbocycles. The van der Waals surface area contributed by atoms with Crippen LogP contribution in [0.3, 0.4) is 0 Å². The first kappa shape index (κ1) is 9.69. The van der Waals surface area contributed by atoms with E-state index in [1.807, 2.05) is 6.92 Å². The number of hydrogen-bond donors (Lipinski definition) is 0. The Morgan fingerprint density at radius 3 is 2.36 bits per heavy atom. The molecule has 2 rings (SSSR count). The SMILES string of the molecule is CC1(C2CCCCC2)CC(=O)OC1=O. The minimum atomic E-state index is -0.516. The molecule has 78 valence electrons. The number of hydrogen-bond acceptors (Lipinski definition) is 3. The van der Waals surface area contributed by atoms with Crippen molar-refractivity contribution in [3.63, 3.8) is 0 Å². The maximum Gasteiger partial charge on any atom is 0.320 e. The second-order valence-corrected chi connectivity index (χ2v) is 4.69. The molecule has 0 aromatic heterocycles. The van der Waals surface area contributed by atoms with Crippen LogP contribution in [0.2, 0.25) is 0 Å². The zero-order valence-electron chi connectivity index (χ0n) is 8.54. The molecule has 1 saturated heterocycles. The molecule has 0 bridgehead atoms. The predicted octanol–water partition coefficient (Wildman–Crippen LogP) is 2.05. The van der Waals surface area contributed by atoms with Gasteiger partial charge in [-0.05, 0) is 25.7 Å². The van der Waals surface area contributed by atoms with Gasteiger partial charge >= 0.3 is 11.9 Å². The summed E-state index contributed by atoms with van der Waals surface area (Å²) in [6.45, 7) is 1.89. The number of carbonyl (C=O) groups is 2. The molecular formula is C11H16O3. The average molecular weight is 196 g/mol. The number of rotatable bonds is 1. The maximum atomic E-state index is 11.6. The lowest BCUT2D eigenvalue weighted by atomic mass is 9.69. The van der Waals surface area contributed by atoms with Gasteiger partial charge < -0.3 is 4.74 Å². The third-order valence-corrected chi connectivity index (χ3v) is 3.69. The van der Waals surface area contributed by atoms with Crippen molar-refractivity contribution in [3.05, 3.63) is 0 Å². The van der Waals surface area contributed by atoms with Crippen LogP contribution in [0, 0.1) is 11.3 Å². The number of esters is 2. The topological polar surface area (TPSA) is 43.4 Å². The van der Waals surface area contributed by atoms with Gasteiger partial charge in [-0.25, -0.2) is 0 Å². The molecule has 0 radical (unpaired) electrons. The van der Waals surface area contributed by atoms with Crippen LogP contribution in [0.15, 0.2) is 0 Å². The number of cyclic esters (lactones) is 2. The second kappa shape index (κ2) is 3.37. The summed E-state index contributed by atoms with van der Waals surface area (Å²) in [5, 5.41) is 0. The molecule has 3 nitrogen and oxygen atoms in total. The van der Waals surface area contributed by atoms with Gasteiger partial charge in [0.05, 0.1) is 11.8 Å². The predicted molar refractivity (Wildman–Crippen MR) is 50.4 cm³/mol. The Morgan fingerprint density at radius 1 is 1.21 bits per heavy atom. The van der Waals surface area contributed by atoms with Gasteiger partial charge in [-0.3, -0.25) is 9.59 Å². The first-order valence-corrected chi connectivity index (χ1v) is 5.38. The minimum absolute atomic E-state index is 0.288. The summed E-state index contributed by atoms with van der Waals surface area (Å²) in [5.74, 6) is -0.285. The highest BCUT2D eigenvalue weighted by Gasteiger charge is 2.50. The molecule has 1 unspecified atom stereocenters. The number of carbonyl (C=O) groups excluding carboxylic acids is 2. The van der Waals surface area contributed by atoms with Gasteiger partial charge in [-0.1, -0.05) is 19.3 Å². The molecule has 2 fully saturated rings. The van der Waals surface area contributed by atoms with E-state index >= 15 is 0 Å². The summed E-state index contributed by atoms with van der Waals surface area (Å²) < 4.78 is 4.65. The van der Waals surface area contributed by atoms with Gasteiger partial charge in [-0.2, -0.15) is 0 Å². The van der Waals surface area contributed by atoms with Crippen LogP contribution in [0.5, 0.6) is 0 Å². The fraction of sp³-hybridized carbons (Fsp3) is 0.818. The Balaban J connectivity index is 2.14. The fourth-order valence-corrected chi connectivity index (χ4v) is 2.68. The van der Waals surface area contributed by atoms with Crippen molar-refractivity contribution >= 4 is 11.9 Å². The standard InChI is InChI=1S/C11H16O3/c1-11(7-9(12)14-10(11)13)8-5-3-2-4-6-8/h8H,2-7H2,1H3. The van der Waals surface area contributed by atoms with Gasteiger partial charge in [0.25, 0.3) is 0 Å². The van der Waals surface area contributed by atoms with Crippen LogP contribution in [-0.2, 0) is 14.3 Å². The normalized spacial score (nSPS) is 34.6. The summed E-state index contributed by atoms with van der Waals surface area (Å²) in [7, 11) is 0. The lowest BCUT2D eigenvalue weighted by molar-refractivity contribution is -0.156. The largest absolute Gasteiger partial charge is 0.393 e. The summed E-state index contributed by atoms with van der Waals surface area (Å²) in [6.07, 6.45) is 6.05. The van der Waals surface area contributed by atoms with E-state index in [2.05, 4.69) is 4.74 Å². The van der Waals surface area contributed by atoms with Crippen molar-refractivity contribution < 1.29 is 14.3 Å². The molecule has 0 N–H and O–H groups in total. The van der Waals surface area contributed by atoms with Crippen molar-refractivity contribution in [2.75, 3.05) is 0 Å². The second-order valence-electron chi connectivity index (χ2n) is 4.69. The Kier molecular flexibility index (Phi) is 2.33. The summed E-state index contributed by atoms with van der Waals surface area (Å²) in [6, 6.07) is 0. The van der Waals surface area contributed by atoms with Crippen LogP contribution in [0.25, 0.3) is 0 Å². The van der Waals surface area contributed by atoms with Crippen LogP contribution in [0.4, 0.5) is 0 Å². The van der Waals surface area contributed by atoms with Crippen LogP contribution in [0.1, 0.15) is 45.4 Å². The van der Waals surface area contributed by atoms with E-state index in [0.717, 1.165) is 12.8 Å². The molecule has 0 aromatic rings. The molecular weight excluding hydrogens is 180 g/mol. The highest BCUT2D eigenvalue weighted by Crippen LogP contribution is 2.44. The lowest BCUT2D eigenvalue weighted by Crippen LogP contribution is -2.33. The van der Waals surface area contributed by atoms with Crippen molar-refractivity contribution in [1.29, 1.82) is 0 Å². The molecule has 14 heavy (non-hydrogen) atoms. The Hall–Kier alpha value is -0.860. The fourth-order valence-electron chi connectivity index (χ4n) is 2.68. The first-order valence-electron chi connectivity index (χ1n) is 5.38. The Bertz CT molecular complexity index is 266. The van der Waals surface area contributed by atoms with E-state index in [9.17, 15) is 9.59 Å². The molecule has 1 atom stereocenters. The van der Waals surface area contributed by atoms with Crippen LogP contribution >= 0.6 is 0 Å². The molecule has 0 aromatic carbocycles. The van der Waals surface area contributed by atoms with Gasteiger partial charge in [0, 0.05) is 0 Å². The molecule has 1 saturated carbocycles. The monoisotopic (exact) mass is 196 g/mol. The Labute approximate surface area is 83.8 Å². The van der Waals surface area contributed by atoms with E-state index in [-0.39, 0.29) is 18.4 Å². The molecule has 0 amide bonds. The van der Waals surface area contributed by atoms with E-state index in [0.29, 0.717) is 5.92 Å². The Morgan fingerprint density at radius 2 is 1.86 bits per heavy atom. The van der Waals surface area contributed by atoms with Crippen molar-refractivity contribution in [1.82, 2.24) is 0 Å². The van der Waals surface area contributed by atoms with E-state index in [4.69, 9.17) is 0 Å². The van der Waals surface area contributed by atoms with Gasteiger partial charge in [0.1, 0.15) is 0 Å². The van der Waals surface area contributed by atoms with Crippen molar-refractivity contribution in [2.45, 2.75) is 45.4 Å². The first-order chi connectivity index (χ1) is 6.63. The lowest BCUT2D eigenvalue weighted by Gasteiger charge is -2.32. The van der Waals surface area contributed by atoms with Crippen molar-refractivity contribution in [2.24, 2.45) is 11.3 Å². The highest BCUT2D eigenvalue weighted by atomic mass is 16.6. The molecule has 0 spiro atoms. The maximum absolute atomic E-state index is 11.6. The van der Waals surface area contributed by atoms with E-state index in [1.165, 1.54) is 19.3 Å². The quantitative estimate of drug-likeness (QED) is 0.476. The highest BCUT2D eigenvalue weighted by molar-refractivity contribution is 5.97. The molecule has 2 aliphatic rings. The summed E-state index contributed by atoms with van der Waals surface area (Å²) >= 11 is 0. The zero-order chi connectivity index (χ0) is 10.2. The van der Waals surface area contributed by atoms with E-state index < -0.39 is 5.41 Å². The zero-order valence-corrected chi connectivity index (χ0v) is 8.54. The summed E-state index contributed by atoms with van der Waals surface area (Å²) in [5.41, 5.74) is -0.516. The van der Waals surface area contributed by atoms with Gasteiger partial charge in [0.2, 0.25) is 0 Å². The summed E-state index contributed by atoms with van der Waals surface area (Å²) in [4.78, 5) is 22.6. The smallest absolute Gasteiger partial charge is 0.320 e. The van der Waals surface area contributed by atoms with Crippen LogP contribution in [-0.4, -0.2) is 11.9 Å². The van der Waals surface area contributed by atoms with Gasteiger partial charge in [-0.15, -0.1) is 0 Å². The molecule has 1 heterocycles. The average Bonchev–Trinajstić information content (AvgIpc) is 2.43. The third-order valence-electron chi connectivity index (χ3n) is 3.69. The molecule has 1 aliphatic heterocycles. The third kappa shape index (κ3) is 1.45. The molecule has 3 heteroatoms. The van der Waals surface area contributed by atoms with E-state index in [1.54, 1.807) is 0 Å². The van der Waals surface area contributed by atoms with Crippen molar-refractivity contribution in [3.8, 4) is 0 Å². The minimum Gasteiger partial charge on any atom is -0.393 e.